The van der Waals surface area contributed by atoms with Gasteiger partial charge in [-0.25, -0.2) is 0 Å². The Morgan fingerprint density at radius 2 is 1.92 bits per heavy atom. The number of thiol groups is 1. The molecule has 0 aromatic heterocycles. The van der Waals surface area contributed by atoms with E-state index in [0.717, 1.165) is 18.2 Å². The Balaban J connectivity index is 3.21. The van der Waals surface area contributed by atoms with Crippen molar-refractivity contribution in [3.63, 3.8) is 0 Å². The highest BCUT2D eigenvalue weighted by molar-refractivity contribution is 7.80. The molecule has 0 heterocycles. The van der Waals surface area contributed by atoms with E-state index < -0.39 is 11.7 Å². The summed E-state index contributed by atoms with van der Waals surface area (Å²) in [6.07, 6.45) is -4.07. The van der Waals surface area contributed by atoms with Crippen molar-refractivity contribution in [1.82, 2.24) is 0 Å². The summed E-state index contributed by atoms with van der Waals surface area (Å²) in [5, 5.41) is 0. The Kier molecular flexibility index (Phi) is 2.66. The second-order valence-corrected chi connectivity index (χ2v) is 2.87. The lowest BCUT2D eigenvalue weighted by atomic mass is 10.1. The summed E-state index contributed by atoms with van der Waals surface area (Å²) >= 11 is 3.82. The number of alkyl halides is 3. The van der Waals surface area contributed by atoms with Crippen molar-refractivity contribution in [2.75, 3.05) is 0 Å². The van der Waals surface area contributed by atoms with Crippen LogP contribution in [0.3, 0.4) is 0 Å². The van der Waals surface area contributed by atoms with Gasteiger partial charge in [0.1, 0.15) is 0 Å². The smallest absolute Gasteiger partial charge is 0.298 e. The maximum atomic E-state index is 12.1. The first-order valence-corrected chi connectivity index (χ1v) is 3.75. The van der Waals surface area contributed by atoms with Gasteiger partial charge < -0.3 is 0 Å². The fourth-order valence-corrected chi connectivity index (χ4v) is 1.02. The molecule has 0 atom stereocenters. The SMILES string of the molecule is O=Cc1cc(C(F)(F)F)ccc1S. The number of carbonyl (C=O) groups is 1. The normalized spacial score (nSPS) is 11.4. The van der Waals surface area contributed by atoms with E-state index in [9.17, 15) is 18.0 Å². The van der Waals surface area contributed by atoms with E-state index in [2.05, 4.69) is 12.6 Å². The van der Waals surface area contributed by atoms with Crippen molar-refractivity contribution in [1.29, 1.82) is 0 Å². The van der Waals surface area contributed by atoms with Gasteiger partial charge in [0.25, 0.3) is 0 Å². The van der Waals surface area contributed by atoms with Gasteiger partial charge in [-0.3, -0.25) is 4.79 Å². The van der Waals surface area contributed by atoms with Crippen LogP contribution in [0.5, 0.6) is 0 Å². The molecule has 0 amide bonds. The Morgan fingerprint density at radius 3 is 2.38 bits per heavy atom. The first kappa shape index (κ1) is 10.1. The average Bonchev–Trinajstić information content (AvgIpc) is 2.03. The summed E-state index contributed by atoms with van der Waals surface area (Å²) in [4.78, 5) is 10.5. The lowest BCUT2D eigenvalue weighted by Crippen LogP contribution is -2.05. The predicted octanol–water partition coefficient (Wildman–Crippen LogP) is 2.81. The van der Waals surface area contributed by atoms with Crippen LogP contribution in [0.1, 0.15) is 15.9 Å². The minimum absolute atomic E-state index is 0.0573. The number of hydrogen-bond donors (Lipinski definition) is 1. The van der Waals surface area contributed by atoms with Crippen molar-refractivity contribution in [2.45, 2.75) is 11.1 Å². The molecule has 1 nitrogen and oxygen atoms in total. The van der Waals surface area contributed by atoms with Crippen LogP contribution in [0.15, 0.2) is 23.1 Å². The largest absolute Gasteiger partial charge is 0.416 e. The summed E-state index contributed by atoms with van der Waals surface area (Å²) < 4.78 is 36.3. The summed E-state index contributed by atoms with van der Waals surface area (Å²) in [6, 6.07) is 2.81. The van der Waals surface area contributed by atoms with Gasteiger partial charge in [0, 0.05) is 10.5 Å². The number of halogens is 3. The predicted molar refractivity (Wildman–Crippen MR) is 44.1 cm³/mol. The maximum Gasteiger partial charge on any atom is 0.416 e. The highest BCUT2D eigenvalue weighted by atomic mass is 32.1. The quantitative estimate of drug-likeness (QED) is 0.552. The minimum atomic E-state index is -4.42. The van der Waals surface area contributed by atoms with Crippen LogP contribution < -0.4 is 0 Å². The fourth-order valence-electron chi connectivity index (χ4n) is 0.825. The Hall–Kier alpha value is -0.970. The average molecular weight is 206 g/mol. The third kappa shape index (κ3) is 2.24. The van der Waals surface area contributed by atoms with Crippen LogP contribution in [0.25, 0.3) is 0 Å². The topological polar surface area (TPSA) is 17.1 Å². The van der Waals surface area contributed by atoms with Crippen LogP contribution in [0, 0.1) is 0 Å². The second kappa shape index (κ2) is 3.41. The molecule has 0 saturated heterocycles. The lowest BCUT2D eigenvalue weighted by Gasteiger charge is -2.07. The van der Waals surface area contributed by atoms with Crippen molar-refractivity contribution in [3.8, 4) is 0 Å². The molecule has 1 rings (SSSR count). The second-order valence-electron chi connectivity index (χ2n) is 2.39. The molecule has 0 spiro atoms. The zero-order valence-corrected chi connectivity index (χ0v) is 7.19. The molecule has 0 aliphatic rings. The van der Waals surface area contributed by atoms with Crippen LogP contribution in [-0.2, 0) is 6.18 Å². The first-order chi connectivity index (χ1) is 5.95. The zero-order chi connectivity index (χ0) is 10.1. The van der Waals surface area contributed by atoms with Crippen LogP contribution in [0.4, 0.5) is 13.2 Å². The molecule has 0 saturated carbocycles. The Labute approximate surface area is 78.0 Å². The van der Waals surface area contributed by atoms with Gasteiger partial charge in [-0.2, -0.15) is 13.2 Å². The molecule has 0 aliphatic heterocycles. The monoisotopic (exact) mass is 206 g/mol. The number of carbonyl (C=O) groups excluding carboxylic acids is 1. The molecule has 0 N–H and O–H groups in total. The number of benzene rings is 1. The molecule has 13 heavy (non-hydrogen) atoms. The molecule has 0 radical (unpaired) electrons. The zero-order valence-electron chi connectivity index (χ0n) is 6.30. The molecular weight excluding hydrogens is 201 g/mol. The summed E-state index contributed by atoms with van der Waals surface area (Å²) in [6.45, 7) is 0. The van der Waals surface area contributed by atoms with E-state index in [4.69, 9.17) is 0 Å². The van der Waals surface area contributed by atoms with Crippen molar-refractivity contribution >= 4 is 18.9 Å². The van der Waals surface area contributed by atoms with E-state index in [1.165, 1.54) is 0 Å². The van der Waals surface area contributed by atoms with Crippen molar-refractivity contribution < 1.29 is 18.0 Å². The third-order valence-electron chi connectivity index (χ3n) is 1.48. The molecule has 0 fully saturated rings. The van der Waals surface area contributed by atoms with Gasteiger partial charge in [0.15, 0.2) is 6.29 Å². The number of aldehydes is 1. The van der Waals surface area contributed by atoms with Crippen LogP contribution >= 0.6 is 12.6 Å². The number of hydrogen-bond acceptors (Lipinski definition) is 2. The van der Waals surface area contributed by atoms with E-state index >= 15 is 0 Å². The lowest BCUT2D eigenvalue weighted by molar-refractivity contribution is -0.137. The molecule has 0 bridgehead atoms. The van der Waals surface area contributed by atoms with Gasteiger partial charge in [-0.15, -0.1) is 12.6 Å². The molecule has 1 aromatic rings. The molecular formula is C8H5F3OS. The highest BCUT2D eigenvalue weighted by Crippen LogP contribution is 2.30. The van der Waals surface area contributed by atoms with Crippen LogP contribution in [-0.4, -0.2) is 6.29 Å². The molecule has 0 aliphatic carbocycles. The van der Waals surface area contributed by atoms with Gasteiger partial charge >= 0.3 is 6.18 Å². The van der Waals surface area contributed by atoms with Gasteiger partial charge in [0.2, 0.25) is 0 Å². The molecule has 0 unspecified atom stereocenters. The van der Waals surface area contributed by atoms with Crippen molar-refractivity contribution in [2.24, 2.45) is 0 Å². The van der Waals surface area contributed by atoms with E-state index in [0.29, 0.717) is 6.29 Å². The van der Waals surface area contributed by atoms with Gasteiger partial charge in [-0.1, -0.05) is 0 Å². The molecule has 1 aromatic carbocycles. The standard InChI is InChI=1S/C8H5F3OS/c9-8(10,11)6-1-2-7(13)5(3-6)4-12/h1-4,13H. The third-order valence-corrected chi connectivity index (χ3v) is 1.89. The van der Waals surface area contributed by atoms with Gasteiger partial charge in [0.05, 0.1) is 5.56 Å². The highest BCUT2D eigenvalue weighted by Gasteiger charge is 2.30. The first-order valence-electron chi connectivity index (χ1n) is 3.30. The van der Waals surface area contributed by atoms with Gasteiger partial charge in [-0.05, 0) is 18.2 Å². The summed E-state index contributed by atoms with van der Waals surface area (Å²) in [5.74, 6) is 0. The van der Waals surface area contributed by atoms with E-state index in [1.54, 1.807) is 0 Å². The molecule has 5 heteroatoms. The summed E-state index contributed by atoms with van der Waals surface area (Å²) in [7, 11) is 0. The minimum Gasteiger partial charge on any atom is -0.298 e. The van der Waals surface area contributed by atoms with E-state index in [-0.39, 0.29) is 10.5 Å². The summed E-state index contributed by atoms with van der Waals surface area (Å²) in [5.41, 5.74) is -0.898. The van der Waals surface area contributed by atoms with Crippen molar-refractivity contribution in [3.05, 3.63) is 29.3 Å². The molecule has 70 valence electrons. The van der Waals surface area contributed by atoms with E-state index in [1.807, 2.05) is 0 Å². The number of rotatable bonds is 1. The fraction of sp³-hybridized carbons (Fsp3) is 0.125. The van der Waals surface area contributed by atoms with Crippen LogP contribution in [0.2, 0.25) is 0 Å². The Morgan fingerprint density at radius 1 is 1.31 bits per heavy atom. The Bertz CT molecular complexity index is 333. The maximum absolute atomic E-state index is 12.1.